The average molecular weight is 596 g/mol. The summed E-state index contributed by atoms with van der Waals surface area (Å²) in [5.41, 5.74) is -2.78. The van der Waals surface area contributed by atoms with Crippen LogP contribution in [0, 0.1) is 17.8 Å². The van der Waals surface area contributed by atoms with Crippen LogP contribution in [0.25, 0.3) is 0 Å². The van der Waals surface area contributed by atoms with E-state index in [1.165, 1.54) is 50.2 Å². The third-order valence-corrected chi connectivity index (χ3v) is 7.18. The van der Waals surface area contributed by atoms with Crippen LogP contribution >= 0.6 is 0 Å². The third kappa shape index (κ3) is 5.86. The van der Waals surface area contributed by atoms with E-state index in [-0.39, 0.29) is 41.6 Å². The van der Waals surface area contributed by atoms with Crippen LogP contribution in [-0.4, -0.2) is 41.8 Å². The zero-order valence-electron chi connectivity index (χ0n) is 23.5. The highest BCUT2D eigenvalue weighted by Gasteiger charge is 2.59. The minimum atomic E-state index is -4.89. The molecule has 0 bridgehead atoms. The van der Waals surface area contributed by atoms with E-state index in [0.717, 1.165) is 0 Å². The summed E-state index contributed by atoms with van der Waals surface area (Å²) in [5.74, 6) is 5.46. The molecule has 0 unspecified atom stereocenters. The topological polar surface area (TPSA) is 124 Å². The normalized spacial score (nSPS) is 17.5. The van der Waals surface area contributed by atoms with Gasteiger partial charge < -0.3 is 25.4 Å². The first-order chi connectivity index (χ1) is 20.5. The number of methoxy groups -OCH3 is 2. The van der Waals surface area contributed by atoms with E-state index in [9.17, 15) is 27.6 Å². The second-order valence-electron chi connectivity index (χ2n) is 10.2. The number of alkyl halides is 3. The van der Waals surface area contributed by atoms with E-state index in [2.05, 4.69) is 27.5 Å². The van der Waals surface area contributed by atoms with E-state index in [0.29, 0.717) is 35.5 Å². The zero-order chi connectivity index (χ0) is 30.9. The molecule has 2 amide bonds. The van der Waals surface area contributed by atoms with Gasteiger partial charge in [0.05, 0.1) is 27.1 Å². The highest BCUT2D eigenvalue weighted by molar-refractivity contribution is 5.97. The highest BCUT2D eigenvalue weighted by Crippen LogP contribution is 2.44. The van der Waals surface area contributed by atoms with Crippen molar-refractivity contribution in [3.05, 3.63) is 75.5 Å². The number of rotatable bonds is 8. The molecule has 2 heterocycles. The second kappa shape index (κ2) is 11.4. The van der Waals surface area contributed by atoms with Crippen molar-refractivity contribution in [3.8, 4) is 23.3 Å². The fraction of sp³-hybridized carbons (Fsp3) is 0.333. The molecule has 1 aliphatic carbocycles. The molecule has 3 N–H and O–H groups in total. The molecule has 1 atom stereocenters. The second-order valence-corrected chi connectivity index (χ2v) is 10.2. The number of halogens is 3. The number of ketones is 1. The van der Waals surface area contributed by atoms with Crippen molar-refractivity contribution in [2.45, 2.75) is 44.6 Å². The lowest BCUT2D eigenvalue weighted by atomic mass is 9.85. The third-order valence-electron chi connectivity index (χ3n) is 7.18. The summed E-state index contributed by atoms with van der Waals surface area (Å²) in [6, 6.07) is 8.15. The van der Waals surface area contributed by atoms with E-state index < -0.39 is 29.1 Å². The van der Waals surface area contributed by atoms with Crippen LogP contribution in [0.15, 0.2) is 47.5 Å². The summed E-state index contributed by atoms with van der Waals surface area (Å²) >= 11 is 0. The van der Waals surface area contributed by atoms with Gasteiger partial charge in [-0.1, -0.05) is 24.0 Å². The van der Waals surface area contributed by atoms with Gasteiger partial charge in [0.25, 0.3) is 5.56 Å². The number of hydrogen-bond acceptors (Lipinski definition) is 7. The Balaban J connectivity index is 1.47. The summed E-state index contributed by atoms with van der Waals surface area (Å²) in [6.07, 6.45) is -2.26. The summed E-state index contributed by atoms with van der Waals surface area (Å²) in [7, 11) is 3.01. The monoisotopic (exact) mass is 595 g/mol. The summed E-state index contributed by atoms with van der Waals surface area (Å²) < 4.78 is 55.0. The van der Waals surface area contributed by atoms with Crippen LogP contribution < -0.4 is 31.0 Å². The first kappa shape index (κ1) is 29.5. The van der Waals surface area contributed by atoms with Crippen LogP contribution in [0.5, 0.6) is 11.5 Å². The van der Waals surface area contributed by atoms with Crippen LogP contribution in [0.3, 0.4) is 0 Å². The van der Waals surface area contributed by atoms with Crippen LogP contribution in [0.2, 0.25) is 0 Å². The van der Waals surface area contributed by atoms with E-state index in [4.69, 9.17) is 9.47 Å². The van der Waals surface area contributed by atoms with Gasteiger partial charge in [-0.05, 0) is 36.6 Å². The SMILES string of the molecule is COc1ccc(CNc2c(C(C)=O)ncn(Cc3ccc4c(c3)NC(=O)N[C@]4(C#CC3CC3)C(F)(F)F)c2=O)c(OC)c1. The molecule has 10 nitrogen and oxygen atoms in total. The number of ether oxygens (including phenoxy) is 2. The van der Waals surface area contributed by atoms with Crippen LogP contribution in [0.4, 0.5) is 29.3 Å². The number of amides is 2. The van der Waals surface area contributed by atoms with Crippen molar-refractivity contribution in [1.82, 2.24) is 14.9 Å². The zero-order valence-corrected chi connectivity index (χ0v) is 23.5. The lowest BCUT2D eigenvalue weighted by Gasteiger charge is -2.37. The molecule has 5 rings (SSSR count). The molecular weight excluding hydrogens is 567 g/mol. The van der Waals surface area contributed by atoms with Gasteiger partial charge in [0.15, 0.2) is 5.78 Å². The molecule has 43 heavy (non-hydrogen) atoms. The van der Waals surface area contributed by atoms with Crippen LogP contribution in [-0.2, 0) is 18.6 Å². The lowest BCUT2D eigenvalue weighted by Crippen LogP contribution is -2.59. The standard InChI is InChI=1S/C30H28F3N5O5/c1-17(39)25-26(34-14-20-7-8-21(42-2)13-24(20)43-3)27(40)38(16-35-25)15-19-6-9-22-23(12-19)36-28(41)37-29(22,30(31,32)33)11-10-18-4-5-18/h6-9,12-13,16,18,34H,4-5,14-15H2,1-3H3,(H2,36,37,41)/t29-/m0/s1. The van der Waals surface area contributed by atoms with Crippen molar-refractivity contribution in [2.75, 3.05) is 24.9 Å². The van der Waals surface area contributed by atoms with Gasteiger partial charge in [-0.25, -0.2) is 9.78 Å². The van der Waals surface area contributed by atoms with Crippen molar-refractivity contribution in [3.63, 3.8) is 0 Å². The van der Waals surface area contributed by atoms with Gasteiger partial charge >= 0.3 is 12.2 Å². The Morgan fingerprint density at radius 2 is 1.93 bits per heavy atom. The molecule has 2 aromatic carbocycles. The fourth-order valence-electron chi connectivity index (χ4n) is 4.75. The number of nitrogens with zero attached hydrogens (tertiary/aromatic N) is 2. The van der Waals surface area contributed by atoms with Gasteiger partial charge in [0, 0.05) is 42.3 Å². The molecule has 3 aromatic rings. The maximum absolute atomic E-state index is 14.4. The first-order valence-corrected chi connectivity index (χ1v) is 13.3. The van der Waals surface area contributed by atoms with Gasteiger partial charge in [-0.3, -0.25) is 14.2 Å². The smallest absolute Gasteiger partial charge is 0.427 e. The average Bonchev–Trinajstić information content (AvgIpc) is 3.80. The maximum atomic E-state index is 14.4. The molecular formula is C30H28F3N5O5. The number of aromatic nitrogens is 2. The van der Waals surface area contributed by atoms with E-state index >= 15 is 0 Å². The maximum Gasteiger partial charge on any atom is 0.427 e. The van der Waals surface area contributed by atoms with E-state index in [1.807, 2.05) is 5.32 Å². The number of urea groups is 1. The number of anilines is 2. The van der Waals surface area contributed by atoms with Crippen molar-refractivity contribution < 1.29 is 32.2 Å². The van der Waals surface area contributed by atoms with Crippen molar-refractivity contribution >= 4 is 23.2 Å². The summed E-state index contributed by atoms with van der Waals surface area (Å²) in [4.78, 5) is 42.4. The molecule has 1 fully saturated rings. The Morgan fingerprint density at radius 3 is 2.58 bits per heavy atom. The van der Waals surface area contributed by atoms with Crippen LogP contribution in [0.1, 0.15) is 46.9 Å². The van der Waals surface area contributed by atoms with Gasteiger partial charge in [0.1, 0.15) is 22.9 Å². The van der Waals surface area contributed by atoms with Gasteiger partial charge in [-0.2, -0.15) is 13.2 Å². The molecule has 1 saturated carbocycles. The molecule has 2 aliphatic rings. The fourth-order valence-corrected chi connectivity index (χ4v) is 4.75. The van der Waals surface area contributed by atoms with Gasteiger partial charge in [-0.15, -0.1) is 0 Å². The molecule has 13 heteroatoms. The molecule has 224 valence electrons. The quantitative estimate of drug-likeness (QED) is 0.260. The number of carbonyl (C=O) groups excluding carboxylic acids is 2. The molecule has 0 spiro atoms. The Bertz CT molecular complexity index is 1720. The molecule has 0 radical (unpaired) electrons. The Morgan fingerprint density at radius 1 is 1.16 bits per heavy atom. The predicted octanol–water partition coefficient (Wildman–Crippen LogP) is 4.43. The Labute approximate surface area is 244 Å². The highest BCUT2D eigenvalue weighted by atomic mass is 19.4. The minimum Gasteiger partial charge on any atom is -0.497 e. The molecule has 1 aromatic heterocycles. The van der Waals surface area contributed by atoms with Gasteiger partial charge in [0.2, 0.25) is 5.54 Å². The number of nitrogens with one attached hydrogen (secondary N) is 3. The number of fused-ring (bicyclic) bond motifs is 1. The Kier molecular flexibility index (Phi) is 7.79. The molecule has 0 saturated heterocycles. The molecule has 1 aliphatic heterocycles. The predicted molar refractivity (Wildman–Crippen MR) is 151 cm³/mol. The number of carbonyl (C=O) groups is 2. The Hall–Kier alpha value is -4.99. The largest absolute Gasteiger partial charge is 0.497 e. The first-order valence-electron chi connectivity index (χ1n) is 13.3. The number of hydrogen-bond donors (Lipinski definition) is 3. The number of Topliss-reactive ketones (excluding diaryl/α,β-unsaturated/α-hetero) is 1. The summed E-state index contributed by atoms with van der Waals surface area (Å²) in [5, 5.41) is 7.39. The number of benzene rings is 2. The lowest BCUT2D eigenvalue weighted by molar-refractivity contribution is -0.178. The van der Waals surface area contributed by atoms with Crippen molar-refractivity contribution in [2.24, 2.45) is 5.92 Å². The van der Waals surface area contributed by atoms with Crippen molar-refractivity contribution in [1.29, 1.82) is 0 Å². The van der Waals surface area contributed by atoms with E-state index in [1.54, 1.807) is 18.2 Å². The minimum absolute atomic E-state index is 0.0465. The summed E-state index contributed by atoms with van der Waals surface area (Å²) in [6.45, 7) is 1.30.